The standard InChI is InChI=1S/C9H13N3O3/c10-9-11-2-5(3-12-9)7-1-6(14)8(4-13)15-7/h2-3,6-8,13-14H,1,4H2,(H2,10,11,12)/t6-,7+,8+/m0/s1. The van der Waals surface area contributed by atoms with Crippen LogP contribution in [0.3, 0.4) is 0 Å². The van der Waals surface area contributed by atoms with Gasteiger partial charge in [-0.05, 0) is 0 Å². The van der Waals surface area contributed by atoms with Crippen molar-refractivity contribution in [2.75, 3.05) is 12.3 Å². The summed E-state index contributed by atoms with van der Waals surface area (Å²) in [6, 6.07) is 0. The van der Waals surface area contributed by atoms with Gasteiger partial charge in [-0.15, -0.1) is 0 Å². The number of ether oxygens (including phenoxy) is 1. The normalized spacial score (nSPS) is 30.7. The van der Waals surface area contributed by atoms with Gasteiger partial charge in [-0.2, -0.15) is 0 Å². The molecule has 6 heteroatoms. The Hall–Kier alpha value is -1.24. The summed E-state index contributed by atoms with van der Waals surface area (Å²) in [4.78, 5) is 7.68. The van der Waals surface area contributed by atoms with Gasteiger partial charge in [0.05, 0.1) is 18.8 Å². The molecule has 1 fully saturated rings. The predicted molar refractivity (Wildman–Crippen MR) is 51.8 cm³/mol. The van der Waals surface area contributed by atoms with E-state index in [0.717, 1.165) is 5.56 Å². The Bertz CT molecular complexity index is 330. The number of hydrogen-bond donors (Lipinski definition) is 3. The van der Waals surface area contributed by atoms with Crippen molar-refractivity contribution in [3.05, 3.63) is 18.0 Å². The van der Waals surface area contributed by atoms with Gasteiger partial charge in [0.15, 0.2) is 0 Å². The van der Waals surface area contributed by atoms with Gasteiger partial charge in [-0.25, -0.2) is 9.97 Å². The summed E-state index contributed by atoms with van der Waals surface area (Å²) < 4.78 is 5.43. The fraction of sp³-hybridized carbons (Fsp3) is 0.556. The third-order valence-corrected chi connectivity index (χ3v) is 2.47. The topological polar surface area (TPSA) is 101 Å². The molecule has 4 N–H and O–H groups in total. The Morgan fingerprint density at radius 3 is 2.67 bits per heavy atom. The van der Waals surface area contributed by atoms with E-state index in [2.05, 4.69) is 9.97 Å². The molecule has 82 valence electrons. The zero-order chi connectivity index (χ0) is 10.8. The Morgan fingerprint density at radius 2 is 2.13 bits per heavy atom. The molecule has 1 aliphatic heterocycles. The highest BCUT2D eigenvalue weighted by atomic mass is 16.5. The first-order chi connectivity index (χ1) is 7.20. The second-order valence-electron chi connectivity index (χ2n) is 3.52. The van der Waals surface area contributed by atoms with Crippen molar-refractivity contribution in [3.8, 4) is 0 Å². The van der Waals surface area contributed by atoms with Crippen LogP contribution in [-0.2, 0) is 4.74 Å². The minimum Gasteiger partial charge on any atom is -0.394 e. The van der Waals surface area contributed by atoms with Crippen LogP contribution in [0.1, 0.15) is 18.1 Å². The number of rotatable bonds is 2. The molecule has 2 rings (SSSR count). The van der Waals surface area contributed by atoms with Crippen LogP contribution in [-0.4, -0.2) is 39.0 Å². The van der Waals surface area contributed by atoms with Gasteiger partial charge in [0.1, 0.15) is 6.10 Å². The summed E-state index contributed by atoms with van der Waals surface area (Å²) >= 11 is 0. The lowest BCUT2D eigenvalue weighted by molar-refractivity contribution is -0.0227. The lowest BCUT2D eigenvalue weighted by Crippen LogP contribution is -2.24. The van der Waals surface area contributed by atoms with Crippen LogP contribution in [0.5, 0.6) is 0 Å². The summed E-state index contributed by atoms with van der Waals surface area (Å²) in [5, 5.41) is 18.4. The van der Waals surface area contributed by atoms with Gasteiger partial charge in [0.2, 0.25) is 5.95 Å². The molecule has 1 saturated heterocycles. The maximum Gasteiger partial charge on any atom is 0.219 e. The largest absolute Gasteiger partial charge is 0.394 e. The van der Waals surface area contributed by atoms with Crippen molar-refractivity contribution in [1.82, 2.24) is 9.97 Å². The highest BCUT2D eigenvalue weighted by Gasteiger charge is 2.34. The Labute approximate surface area is 86.7 Å². The van der Waals surface area contributed by atoms with Crippen molar-refractivity contribution in [1.29, 1.82) is 0 Å². The van der Waals surface area contributed by atoms with E-state index < -0.39 is 12.2 Å². The van der Waals surface area contributed by atoms with Crippen molar-refractivity contribution in [2.45, 2.75) is 24.7 Å². The summed E-state index contributed by atoms with van der Waals surface area (Å²) in [7, 11) is 0. The number of hydrogen-bond acceptors (Lipinski definition) is 6. The van der Waals surface area contributed by atoms with Gasteiger partial charge in [0.25, 0.3) is 0 Å². The van der Waals surface area contributed by atoms with Crippen molar-refractivity contribution >= 4 is 5.95 Å². The lowest BCUT2D eigenvalue weighted by atomic mass is 10.1. The molecule has 6 nitrogen and oxygen atoms in total. The highest BCUT2D eigenvalue weighted by molar-refractivity contribution is 5.19. The summed E-state index contributed by atoms with van der Waals surface area (Å²) in [5.41, 5.74) is 6.12. The lowest BCUT2D eigenvalue weighted by Gasteiger charge is -2.11. The summed E-state index contributed by atoms with van der Waals surface area (Å²) in [5.74, 6) is 0.205. The van der Waals surface area contributed by atoms with E-state index in [4.69, 9.17) is 15.6 Å². The van der Waals surface area contributed by atoms with Crippen LogP contribution in [0.15, 0.2) is 12.4 Å². The van der Waals surface area contributed by atoms with Gasteiger partial charge in [0, 0.05) is 24.4 Å². The minimum absolute atomic E-state index is 0.187. The summed E-state index contributed by atoms with van der Waals surface area (Å²) in [6.07, 6.45) is 2.15. The van der Waals surface area contributed by atoms with Crippen LogP contribution >= 0.6 is 0 Å². The monoisotopic (exact) mass is 211 g/mol. The third-order valence-electron chi connectivity index (χ3n) is 2.47. The molecule has 0 aliphatic carbocycles. The average Bonchev–Trinajstić information content (AvgIpc) is 2.61. The maximum absolute atomic E-state index is 9.52. The average molecular weight is 211 g/mol. The molecule has 0 unspecified atom stereocenters. The fourth-order valence-corrected chi connectivity index (χ4v) is 1.62. The SMILES string of the molecule is Nc1ncc([C@H]2C[C@H](O)[C@@H](CO)O2)cn1. The third kappa shape index (κ3) is 2.06. The number of aliphatic hydroxyl groups excluding tert-OH is 2. The van der Waals surface area contributed by atoms with E-state index >= 15 is 0 Å². The molecule has 1 aromatic rings. The highest BCUT2D eigenvalue weighted by Crippen LogP contribution is 2.32. The van der Waals surface area contributed by atoms with E-state index in [9.17, 15) is 5.11 Å². The zero-order valence-electron chi connectivity index (χ0n) is 8.08. The molecule has 2 heterocycles. The smallest absolute Gasteiger partial charge is 0.219 e. The van der Waals surface area contributed by atoms with E-state index in [-0.39, 0.29) is 18.7 Å². The molecule has 1 aliphatic rings. The molecule has 0 aromatic carbocycles. The van der Waals surface area contributed by atoms with E-state index in [1.54, 1.807) is 12.4 Å². The van der Waals surface area contributed by atoms with E-state index in [1.807, 2.05) is 0 Å². The molecular formula is C9H13N3O3. The molecule has 15 heavy (non-hydrogen) atoms. The Kier molecular flexibility index (Phi) is 2.81. The molecule has 0 bridgehead atoms. The molecule has 0 spiro atoms. The van der Waals surface area contributed by atoms with Crippen molar-refractivity contribution in [2.24, 2.45) is 0 Å². The van der Waals surface area contributed by atoms with Crippen LogP contribution in [0.4, 0.5) is 5.95 Å². The zero-order valence-corrected chi connectivity index (χ0v) is 8.08. The van der Waals surface area contributed by atoms with Gasteiger partial charge in [-0.1, -0.05) is 0 Å². The molecule has 0 saturated carbocycles. The first-order valence-electron chi connectivity index (χ1n) is 4.72. The first-order valence-corrected chi connectivity index (χ1v) is 4.72. The van der Waals surface area contributed by atoms with Gasteiger partial charge in [-0.3, -0.25) is 0 Å². The van der Waals surface area contributed by atoms with Crippen molar-refractivity contribution < 1.29 is 14.9 Å². The Morgan fingerprint density at radius 1 is 1.47 bits per heavy atom. The Balaban J connectivity index is 2.10. The van der Waals surface area contributed by atoms with Crippen LogP contribution in [0.25, 0.3) is 0 Å². The van der Waals surface area contributed by atoms with E-state index in [0.29, 0.717) is 6.42 Å². The van der Waals surface area contributed by atoms with Crippen LogP contribution < -0.4 is 5.73 Å². The second-order valence-corrected chi connectivity index (χ2v) is 3.52. The molecule has 0 radical (unpaired) electrons. The molecule has 0 amide bonds. The second kappa shape index (κ2) is 4.09. The van der Waals surface area contributed by atoms with E-state index in [1.165, 1.54) is 0 Å². The molecular weight excluding hydrogens is 198 g/mol. The van der Waals surface area contributed by atoms with Crippen LogP contribution in [0.2, 0.25) is 0 Å². The van der Waals surface area contributed by atoms with Gasteiger partial charge < -0.3 is 20.7 Å². The number of aliphatic hydroxyl groups is 2. The fourth-order valence-electron chi connectivity index (χ4n) is 1.62. The number of nitrogen functional groups attached to an aromatic ring is 1. The number of nitrogens with zero attached hydrogens (tertiary/aromatic N) is 2. The van der Waals surface area contributed by atoms with Crippen molar-refractivity contribution in [3.63, 3.8) is 0 Å². The van der Waals surface area contributed by atoms with Crippen LogP contribution in [0, 0.1) is 0 Å². The molecule has 3 atom stereocenters. The van der Waals surface area contributed by atoms with Gasteiger partial charge >= 0.3 is 0 Å². The maximum atomic E-state index is 9.52. The predicted octanol–water partition coefficient (Wildman–Crippen LogP) is -0.758. The minimum atomic E-state index is -0.641. The summed E-state index contributed by atoms with van der Waals surface area (Å²) in [6.45, 7) is -0.187. The number of anilines is 1. The number of nitrogens with two attached hydrogens (primary N) is 1. The number of aromatic nitrogens is 2. The quantitative estimate of drug-likeness (QED) is 0.594. The first kappa shape index (κ1) is 10.3. The molecule has 1 aromatic heterocycles.